The smallest absolute Gasteiger partial charge is 0.0957 e. The first-order chi connectivity index (χ1) is 9.91. The number of hydrogen-bond acceptors (Lipinski definition) is 3. The summed E-state index contributed by atoms with van der Waals surface area (Å²) in [6.07, 6.45) is 6.02. The van der Waals surface area contributed by atoms with Gasteiger partial charge < -0.3 is 10.0 Å². The van der Waals surface area contributed by atoms with Gasteiger partial charge in [-0.25, -0.2) is 0 Å². The van der Waals surface area contributed by atoms with E-state index in [-0.39, 0.29) is 0 Å². The second-order valence-corrected chi connectivity index (χ2v) is 7.35. The third kappa shape index (κ3) is 4.19. The maximum Gasteiger partial charge on any atom is 0.0957 e. The van der Waals surface area contributed by atoms with Crippen LogP contribution in [0.15, 0.2) is 18.3 Å². The van der Waals surface area contributed by atoms with Gasteiger partial charge in [-0.3, -0.25) is 4.98 Å². The molecule has 1 aliphatic rings. The lowest BCUT2D eigenvalue weighted by atomic mass is 9.77. The minimum atomic E-state index is -0.437. The highest BCUT2D eigenvalue weighted by molar-refractivity contribution is 5.44. The van der Waals surface area contributed by atoms with Gasteiger partial charge in [-0.15, -0.1) is 0 Å². The van der Waals surface area contributed by atoms with Crippen LogP contribution in [-0.4, -0.2) is 23.2 Å². The molecule has 0 saturated carbocycles. The van der Waals surface area contributed by atoms with Crippen LogP contribution in [0.1, 0.15) is 65.2 Å². The quantitative estimate of drug-likeness (QED) is 0.907. The van der Waals surface area contributed by atoms with E-state index in [1.54, 1.807) is 0 Å². The molecular weight excluding hydrogens is 260 g/mol. The summed E-state index contributed by atoms with van der Waals surface area (Å²) in [4.78, 5) is 6.88. The molecule has 3 heteroatoms. The number of aliphatic hydroxyl groups is 1. The number of aromatic nitrogens is 1. The van der Waals surface area contributed by atoms with Crippen LogP contribution in [0.3, 0.4) is 0 Å². The van der Waals surface area contributed by atoms with Crippen molar-refractivity contribution in [3.05, 3.63) is 24.0 Å². The average molecular weight is 290 g/mol. The van der Waals surface area contributed by atoms with E-state index in [2.05, 4.69) is 36.7 Å². The molecule has 0 bridgehead atoms. The summed E-state index contributed by atoms with van der Waals surface area (Å²) in [5, 5.41) is 9.82. The fourth-order valence-corrected chi connectivity index (χ4v) is 3.21. The van der Waals surface area contributed by atoms with Crippen LogP contribution >= 0.6 is 0 Å². The van der Waals surface area contributed by atoms with E-state index in [1.807, 2.05) is 19.2 Å². The van der Waals surface area contributed by atoms with Gasteiger partial charge >= 0.3 is 0 Å². The van der Waals surface area contributed by atoms with Gasteiger partial charge in [0.05, 0.1) is 23.7 Å². The molecule has 21 heavy (non-hydrogen) atoms. The van der Waals surface area contributed by atoms with Gasteiger partial charge in [0, 0.05) is 13.1 Å². The monoisotopic (exact) mass is 290 g/mol. The Kier molecular flexibility index (Phi) is 5.26. The summed E-state index contributed by atoms with van der Waals surface area (Å²) >= 11 is 0. The van der Waals surface area contributed by atoms with Gasteiger partial charge in [0.15, 0.2) is 0 Å². The third-order valence-electron chi connectivity index (χ3n) is 4.82. The number of rotatable bonds is 3. The topological polar surface area (TPSA) is 36.4 Å². The lowest BCUT2D eigenvalue weighted by Gasteiger charge is -2.30. The van der Waals surface area contributed by atoms with Crippen LogP contribution in [0.2, 0.25) is 0 Å². The fraction of sp³-hybridized carbons (Fsp3) is 0.722. The zero-order chi connectivity index (χ0) is 15.5. The molecule has 0 radical (unpaired) electrons. The Morgan fingerprint density at radius 1 is 1.29 bits per heavy atom. The van der Waals surface area contributed by atoms with E-state index in [0.717, 1.165) is 24.7 Å². The molecule has 2 rings (SSSR count). The normalized spacial score (nSPS) is 22.0. The van der Waals surface area contributed by atoms with Crippen molar-refractivity contribution in [2.75, 3.05) is 18.0 Å². The first kappa shape index (κ1) is 16.3. The molecule has 1 aromatic heterocycles. The van der Waals surface area contributed by atoms with E-state index in [1.165, 1.54) is 24.9 Å². The molecule has 1 N–H and O–H groups in total. The summed E-state index contributed by atoms with van der Waals surface area (Å²) in [6, 6.07) is 4.08. The molecule has 1 saturated heterocycles. The van der Waals surface area contributed by atoms with Crippen molar-refractivity contribution in [3.63, 3.8) is 0 Å². The van der Waals surface area contributed by atoms with Crippen LogP contribution in [0, 0.1) is 11.3 Å². The van der Waals surface area contributed by atoms with Crippen molar-refractivity contribution < 1.29 is 5.11 Å². The highest BCUT2D eigenvalue weighted by atomic mass is 16.3. The Morgan fingerprint density at radius 3 is 2.62 bits per heavy atom. The van der Waals surface area contributed by atoms with E-state index in [0.29, 0.717) is 11.8 Å². The molecule has 3 nitrogen and oxygen atoms in total. The molecule has 0 spiro atoms. The SMILES string of the molecule is CC[C@H](O)c1ccc(N2CCCC(C(C)(C)C)CC2)cn1. The molecule has 0 amide bonds. The zero-order valence-electron chi connectivity index (χ0n) is 14.0. The molecular formula is C18H30N2O. The lowest BCUT2D eigenvalue weighted by molar-refractivity contribution is 0.169. The molecule has 1 fully saturated rings. The summed E-state index contributed by atoms with van der Waals surface area (Å²) < 4.78 is 0. The number of aliphatic hydroxyl groups excluding tert-OH is 1. The van der Waals surface area contributed by atoms with Gasteiger partial charge in [0.2, 0.25) is 0 Å². The minimum absolute atomic E-state index is 0.406. The predicted molar refractivity (Wildman–Crippen MR) is 88.5 cm³/mol. The van der Waals surface area contributed by atoms with Crippen molar-refractivity contribution in [1.82, 2.24) is 4.98 Å². The second-order valence-electron chi connectivity index (χ2n) is 7.35. The largest absolute Gasteiger partial charge is 0.387 e. The second kappa shape index (κ2) is 6.78. The van der Waals surface area contributed by atoms with Crippen LogP contribution < -0.4 is 4.90 Å². The summed E-state index contributed by atoms with van der Waals surface area (Å²) in [5.41, 5.74) is 2.38. The predicted octanol–water partition coefficient (Wildman–Crippen LogP) is 4.18. The fourth-order valence-electron chi connectivity index (χ4n) is 3.21. The van der Waals surface area contributed by atoms with Crippen LogP contribution in [0.4, 0.5) is 5.69 Å². The minimum Gasteiger partial charge on any atom is -0.387 e. The Hall–Kier alpha value is -1.09. The number of hydrogen-bond donors (Lipinski definition) is 1. The van der Waals surface area contributed by atoms with Crippen molar-refractivity contribution in [1.29, 1.82) is 0 Å². The van der Waals surface area contributed by atoms with E-state index in [4.69, 9.17) is 0 Å². The van der Waals surface area contributed by atoms with E-state index < -0.39 is 6.10 Å². The molecule has 1 unspecified atom stereocenters. The number of nitrogens with zero attached hydrogens (tertiary/aromatic N) is 2. The highest BCUT2D eigenvalue weighted by Crippen LogP contribution is 2.35. The van der Waals surface area contributed by atoms with Crippen molar-refractivity contribution in [2.45, 2.75) is 59.5 Å². The summed E-state index contributed by atoms with van der Waals surface area (Å²) in [5.74, 6) is 0.802. The average Bonchev–Trinajstić information content (AvgIpc) is 2.72. The van der Waals surface area contributed by atoms with Crippen molar-refractivity contribution in [3.8, 4) is 0 Å². The van der Waals surface area contributed by atoms with E-state index in [9.17, 15) is 5.11 Å². The molecule has 2 heterocycles. The van der Waals surface area contributed by atoms with Crippen molar-refractivity contribution >= 4 is 5.69 Å². The molecule has 0 aliphatic carbocycles. The van der Waals surface area contributed by atoms with Crippen LogP contribution in [0.5, 0.6) is 0 Å². The molecule has 118 valence electrons. The number of anilines is 1. The first-order valence-electron chi connectivity index (χ1n) is 8.30. The molecule has 1 aromatic rings. The third-order valence-corrected chi connectivity index (χ3v) is 4.82. The Bertz CT molecular complexity index is 436. The lowest BCUT2D eigenvalue weighted by Crippen LogP contribution is -2.26. The highest BCUT2D eigenvalue weighted by Gasteiger charge is 2.27. The maximum atomic E-state index is 9.82. The van der Waals surface area contributed by atoms with E-state index >= 15 is 0 Å². The Morgan fingerprint density at radius 2 is 2.05 bits per heavy atom. The maximum absolute atomic E-state index is 9.82. The molecule has 1 aliphatic heterocycles. The molecule has 2 atom stereocenters. The van der Waals surface area contributed by atoms with Gasteiger partial charge in [-0.05, 0) is 49.1 Å². The number of pyridine rings is 1. The van der Waals surface area contributed by atoms with Gasteiger partial charge in [0.1, 0.15) is 0 Å². The van der Waals surface area contributed by atoms with Gasteiger partial charge in [-0.2, -0.15) is 0 Å². The first-order valence-corrected chi connectivity index (χ1v) is 8.30. The standard InChI is InChI=1S/C18H30N2O/c1-5-17(21)16-9-8-15(13-19-16)20-11-6-7-14(10-12-20)18(2,3)4/h8-9,13-14,17,21H,5-7,10-12H2,1-4H3/t14?,17-/m0/s1. The summed E-state index contributed by atoms with van der Waals surface area (Å²) in [6.45, 7) is 11.3. The summed E-state index contributed by atoms with van der Waals surface area (Å²) in [7, 11) is 0. The zero-order valence-corrected chi connectivity index (χ0v) is 14.0. The van der Waals surface area contributed by atoms with Gasteiger partial charge in [0.25, 0.3) is 0 Å². The van der Waals surface area contributed by atoms with Crippen molar-refractivity contribution in [2.24, 2.45) is 11.3 Å². The van der Waals surface area contributed by atoms with Gasteiger partial charge in [-0.1, -0.05) is 27.7 Å². The van der Waals surface area contributed by atoms with Crippen LogP contribution in [-0.2, 0) is 0 Å². The molecule has 0 aromatic carbocycles. The Labute approximate surface area is 129 Å². The Balaban J connectivity index is 2.02. The van der Waals surface area contributed by atoms with Crippen LogP contribution in [0.25, 0.3) is 0 Å².